The number of hydrogen-bond donors (Lipinski definition) is 2. The Morgan fingerprint density at radius 1 is 1.00 bits per heavy atom. The van der Waals surface area contributed by atoms with Crippen LogP contribution in [0.25, 0.3) is 0 Å². The maximum atomic E-state index is 13.7. The lowest BCUT2D eigenvalue weighted by Gasteiger charge is -2.11. The maximum absolute atomic E-state index is 13.7. The van der Waals surface area contributed by atoms with E-state index in [9.17, 15) is 13.6 Å². The molecule has 0 saturated heterocycles. The number of aromatic nitrogens is 1. The molecule has 2 aromatic carbocycles. The van der Waals surface area contributed by atoms with Gasteiger partial charge in [0.2, 0.25) is 0 Å². The number of rotatable bonds is 4. The van der Waals surface area contributed by atoms with Crippen LogP contribution in [0.2, 0.25) is 0 Å². The Kier molecular flexibility index (Phi) is 4.93. The number of benzene rings is 2. The monoisotopic (exact) mass is 353 g/mol. The largest absolute Gasteiger partial charge is 0.352 e. The molecule has 2 N–H and O–H groups in total. The van der Waals surface area contributed by atoms with Gasteiger partial charge >= 0.3 is 0 Å². The van der Waals surface area contributed by atoms with Crippen molar-refractivity contribution in [2.45, 2.75) is 13.8 Å². The van der Waals surface area contributed by atoms with Crippen molar-refractivity contribution in [1.29, 1.82) is 0 Å². The van der Waals surface area contributed by atoms with Crippen molar-refractivity contribution in [3.05, 3.63) is 83.2 Å². The number of hydrogen-bond acceptors (Lipinski definition) is 3. The second kappa shape index (κ2) is 7.31. The van der Waals surface area contributed by atoms with Crippen LogP contribution in [0.1, 0.15) is 21.6 Å². The number of nitrogens with one attached hydrogen (secondary N) is 2. The Bertz CT molecular complexity index is 936. The van der Waals surface area contributed by atoms with Gasteiger partial charge in [0, 0.05) is 11.8 Å². The van der Waals surface area contributed by atoms with Crippen molar-refractivity contribution in [3.8, 4) is 0 Å². The summed E-state index contributed by atoms with van der Waals surface area (Å²) in [6, 6.07) is 12.1. The molecule has 1 amide bonds. The van der Waals surface area contributed by atoms with Crippen LogP contribution in [0.15, 0.2) is 54.7 Å². The highest BCUT2D eigenvalue weighted by molar-refractivity contribution is 6.03. The van der Waals surface area contributed by atoms with Gasteiger partial charge in [0.15, 0.2) is 0 Å². The molecular formula is C20H17F2N3O. The minimum absolute atomic E-state index is 0.126. The van der Waals surface area contributed by atoms with E-state index in [-0.39, 0.29) is 17.3 Å². The molecule has 6 heteroatoms. The Morgan fingerprint density at radius 3 is 2.35 bits per heavy atom. The molecule has 0 atom stereocenters. The van der Waals surface area contributed by atoms with Crippen molar-refractivity contribution >= 4 is 23.0 Å². The second-order valence-electron chi connectivity index (χ2n) is 5.90. The minimum atomic E-state index is -0.707. The summed E-state index contributed by atoms with van der Waals surface area (Å²) in [6.07, 6.45) is 1.42. The number of pyridine rings is 1. The van der Waals surface area contributed by atoms with Crippen molar-refractivity contribution in [2.24, 2.45) is 0 Å². The topological polar surface area (TPSA) is 54.0 Å². The number of carbonyl (C=O) groups excluding carboxylic acids is 1. The van der Waals surface area contributed by atoms with Gasteiger partial charge in [0.25, 0.3) is 5.91 Å². The Morgan fingerprint density at radius 2 is 1.73 bits per heavy atom. The number of anilines is 3. The van der Waals surface area contributed by atoms with Crippen molar-refractivity contribution in [2.75, 3.05) is 10.6 Å². The van der Waals surface area contributed by atoms with Crippen molar-refractivity contribution in [1.82, 2.24) is 4.98 Å². The van der Waals surface area contributed by atoms with Crippen LogP contribution in [0, 0.1) is 25.5 Å². The molecule has 132 valence electrons. The van der Waals surface area contributed by atoms with E-state index < -0.39 is 11.6 Å². The van der Waals surface area contributed by atoms with E-state index in [0.29, 0.717) is 5.69 Å². The lowest BCUT2D eigenvalue weighted by atomic mass is 10.1. The average Bonchev–Trinajstić information content (AvgIpc) is 2.61. The minimum Gasteiger partial charge on any atom is -0.352 e. The van der Waals surface area contributed by atoms with Gasteiger partial charge in [-0.3, -0.25) is 4.79 Å². The predicted octanol–water partition coefficient (Wildman–Crippen LogP) is 4.97. The van der Waals surface area contributed by atoms with E-state index in [1.807, 2.05) is 32.0 Å². The standard InChI is InChI=1S/C20H17F2N3O/c1-12-4-3-5-13(2)19(12)25-20(26)18-9-7-15(11-23-18)24-17-8-6-14(21)10-16(17)22/h3-11,24H,1-2H3,(H,25,26). The molecule has 26 heavy (non-hydrogen) atoms. The molecule has 0 radical (unpaired) electrons. The molecule has 3 rings (SSSR count). The summed E-state index contributed by atoms with van der Waals surface area (Å²) >= 11 is 0. The van der Waals surface area contributed by atoms with Gasteiger partial charge in [-0.2, -0.15) is 0 Å². The SMILES string of the molecule is Cc1cccc(C)c1NC(=O)c1ccc(Nc2ccc(F)cc2F)cn1. The first-order chi connectivity index (χ1) is 12.4. The van der Waals surface area contributed by atoms with E-state index in [1.54, 1.807) is 6.07 Å². The quantitative estimate of drug-likeness (QED) is 0.696. The number of amides is 1. The summed E-state index contributed by atoms with van der Waals surface area (Å²) in [7, 11) is 0. The molecule has 0 unspecified atom stereocenters. The first kappa shape index (κ1) is 17.5. The summed E-state index contributed by atoms with van der Waals surface area (Å²) in [6.45, 7) is 3.83. The van der Waals surface area contributed by atoms with E-state index >= 15 is 0 Å². The average molecular weight is 353 g/mol. The van der Waals surface area contributed by atoms with Crippen LogP contribution in [0.4, 0.5) is 25.8 Å². The highest BCUT2D eigenvalue weighted by Gasteiger charge is 2.11. The molecule has 0 saturated carbocycles. The van der Waals surface area contributed by atoms with E-state index in [2.05, 4.69) is 15.6 Å². The smallest absolute Gasteiger partial charge is 0.274 e. The predicted molar refractivity (Wildman–Crippen MR) is 97.7 cm³/mol. The first-order valence-corrected chi connectivity index (χ1v) is 8.00. The van der Waals surface area contributed by atoms with Gasteiger partial charge in [-0.05, 0) is 49.2 Å². The molecule has 1 aromatic heterocycles. The molecule has 3 aromatic rings. The van der Waals surface area contributed by atoms with Crippen LogP contribution >= 0.6 is 0 Å². The number of carbonyl (C=O) groups is 1. The molecule has 0 bridgehead atoms. The third kappa shape index (κ3) is 3.85. The Balaban J connectivity index is 1.74. The lowest BCUT2D eigenvalue weighted by Crippen LogP contribution is -2.15. The summed E-state index contributed by atoms with van der Waals surface area (Å²) < 4.78 is 26.6. The second-order valence-corrected chi connectivity index (χ2v) is 5.90. The molecule has 0 aliphatic heterocycles. The Hall–Kier alpha value is -3.28. The van der Waals surface area contributed by atoms with Gasteiger partial charge in [-0.1, -0.05) is 18.2 Å². The van der Waals surface area contributed by atoms with Gasteiger partial charge in [0.05, 0.1) is 17.6 Å². The summed E-state index contributed by atoms with van der Waals surface area (Å²) in [5.41, 5.74) is 3.53. The fraction of sp³-hybridized carbons (Fsp3) is 0.100. The highest BCUT2D eigenvalue weighted by Crippen LogP contribution is 2.22. The summed E-state index contributed by atoms with van der Waals surface area (Å²) in [4.78, 5) is 16.5. The van der Waals surface area contributed by atoms with Crippen molar-refractivity contribution < 1.29 is 13.6 Å². The van der Waals surface area contributed by atoms with E-state index in [4.69, 9.17) is 0 Å². The fourth-order valence-electron chi connectivity index (χ4n) is 2.54. The zero-order valence-electron chi connectivity index (χ0n) is 14.3. The molecule has 0 fully saturated rings. The summed E-state index contributed by atoms with van der Waals surface area (Å²) in [5.74, 6) is -1.69. The number of aryl methyl sites for hydroxylation is 2. The molecule has 0 aliphatic carbocycles. The Labute approximate surface area is 149 Å². The molecule has 0 aliphatic rings. The van der Waals surface area contributed by atoms with Crippen LogP contribution in [-0.2, 0) is 0 Å². The highest BCUT2D eigenvalue weighted by atomic mass is 19.1. The summed E-state index contributed by atoms with van der Waals surface area (Å²) in [5, 5.41) is 5.65. The van der Waals surface area contributed by atoms with Gasteiger partial charge in [0.1, 0.15) is 17.3 Å². The van der Waals surface area contributed by atoms with Gasteiger partial charge < -0.3 is 10.6 Å². The zero-order chi connectivity index (χ0) is 18.7. The number of para-hydroxylation sites is 1. The van der Waals surface area contributed by atoms with Crippen molar-refractivity contribution in [3.63, 3.8) is 0 Å². The van der Waals surface area contributed by atoms with Crippen LogP contribution < -0.4 is 10.6 Å². The third-order valence-corrected chi connectivity index (χ3v) is 3.93. The third-order valence-electron chi connectivity index (χ3n) is 3.93. The number of halogens is 2. The van der Waals surface area contributed by atoms with Crippen LogP contribution in [0.3, 0.4) is 0 Å². The maximum Gasteiger partial charge on any atom is 0.274 e. The normalized spacial score (nSPS) is 10.5. The molecule has 4 nitrogen and oxygen atoms in total. The van der Waals surface area contributed by atoms with E-state index in [1.165, 1.54) is 18.3 Å². The number of nitrogens with zero attached hydrogens (tertiary/aromatic N) is 1. The fourth-order valence-corrected chi connectivity index (χ4v) is 2.54. The molecular weight excluding hydrogens is 336 g/mol. The zero-order valence-corrected chi connectivity index (χ0v) is 14.3. The molecule has 1 heterocycles. The van der Waals surface area contributed by atoms with Gasteiger partial charge in [-0.25, -0.2) is 13.8 Å². The van der Waals surface area contributed by atoms with Crippen LogP contribution in [-0.4, -0.2) is 10.9 Å². The van der Waals surface area contributed by atoms with Gasteiger partial charge in [-0.15, -0.1) is 0 Å². The first-order valence-electron chi connectivity index (χ1n) is 8.00. The van der Waals surface area contributed by atoms with E-state index in [0.717, 1.165) is 28.9 Å². The lowest BCUT2D eigenvalue weighted by molar-refractivity contribution is 0.102. The van der Waals surface area contributed by atoms with Crippen LogP contribution in [0.5, 0.6) is 0 Å². The molecule has 0 spiro atoms.